The first-order chi connectivity index (χ1) is 24.2. The molecule has 0 aliphatic heterocycles. The molecule has 0 bridgehead atoms. The minimum Gasteiger partial charge on any atom is -0.405 e. The molecule has 282 valence electrons. The highest BCUT2D eigenvalue weighted by Gasteiger charge is 2.32. The highest BCUT2D eigenvalue weighted by Crippen LogP contribution is 2.27. The molecule has 2 unspecified atom stereocenters. The molecule has 0 fully saturated rings. The van der Waals surface area contributed by atoms with Gasteiger partial charge in [-0.2, -0.15) is 13.2 Å². The molecule has 0 spiro atoms. The summed E-state index contributed by atoms with van der Waals surface area (Å²) in [6.45, 7) is 26.0. The van der Waals surface area contributed by atoms with E-state index >= 15 is 0 Å². The number of nitrogens with zero attached hydrogens (tertiary/aromatic N) is 1. The molecule has 3 rings (SSSR count). The average Bonchev–Trinajstić information content (AvgIpc) is 3.09. The number of hydrogen-bond donors (Lipinski definition) is 6. The Kier molecular flexibility index (Phi) is 24.8. The van der Waals surface area contributed by atoms with E-state index in [9.17, 15) is 13.2 Å². The number of rotatable bonds is 17. The van der Waals surface area contributed by atoms with Crippen LogP contribution in [0.5, 0.6) is 0 Å². The molecule has 0 saturated carbocycles. The lowest BCUT2D eigenvalue weighted by atomic mass is 9.97. The smallest absolute Gasteiger partial charge is 0.405 e. The van der Waals surface area contributed by atoms with Crippen LogP contribution in [0.25, 0.3) is 0 Å². The third kappa shape index (κ3) is 23.5. The number of aromatic nitrogens is 1. The summed E-state index contributed by atoms with van der Waals surface area (Å²) in [6, 6.07) is 22.6. The fourth-order valence-corrected chi connectivity index (χ4v) is 4.32. The van der Waals surface area contributed by atoms with Gasteiger partial charge < -0.3 is 33.2 Å². The molecule has 10 heteroatoms. The quantitative estimate of drug-likeness (QED) is 0.0785. The van der Waals surface area contributed by atoms with Crippen molar-refractivity contribution in [3.05, 3.63) is 151 Å². The fraction of sp³-hybridized carbons (Fsp3) is 0.390. The molecule has 2 aromatic carbocycles. The largest absolute Gasteiger partial charge is 0.433 e. The van der Waals surface area contributed by atoms with Gasteiger partial charge in [0.25, 0.3) is 0 Å². The van der Waals surface area contributed by atoms with Crippen LogP contribution in [0.1, 0.15) is 62.4 Å². The zero-order valence-corrected chi connectivity index (χ0v) is 31.1. The Balaban J connectivity index is 0.00000149. The maximum Gasteiger partial charge on any atom is 0.433 e. The molecule has 9 N–H and O–H groups in total. The van der Waals surface area contributed by atoms with Gasteiger partial charge in [0, 0.05) is 48.8 Å². The van der Waals surface area contributed by atoms with Crippen molar-refractivity contribution < 1.29 is 13.2 Å². The second kappa shape index (κ2) is 27.2. The molecule has 51 heavy (non-hydrogen) atoms. The van der Waals surface area contributed by atoms with Crippen LogP contribution in [-0.2, 0) is 19.1 Å². The predicted octanol–water partition coefficient (Wildman–Crippen LogP) is 7.97. The lowest BCUT2D eigenvalue weighted by molar-refractivity contribution is -0.141. The number of nitrogens with one attached hydrogen (secondary N) is 3. The van der Waals surface area contributed by atoms with E-state index in [1.165, 1.54) is 24.0 Å². The molecular weight excluding hydrogens is 647 g/mol. The van der Waals surface area contributed by atoms with E-state index in [1.54, 1.807) is 0 Å². The Bertz CT molecular complexity index is 1360. The Morgan fingerprint density at radius 1 is 0.843 bits per heavy atom. The number of nitrogens with two attached hydrogens (primary N) is 3. The Labute approximate surface area is 305 Å². The lowest BCUT2D eigenvalue weighted by Gasteiger charge is -2.27. The molecule has 0 saturated heterocycles. The van der Waals surface area contributed by atoms with Gasteiger partial charge in [-0.15, -0.1) is 0 Å². The third-order valence-electron chi connectivity index (χ3n) is 6.98. The van der Waals surface area contributed by atoms with Crippen molar-refractivity contribution >= 4 is 0 Å². The van der Waals surface area contributed by atoms with Crippen LogP contribution in [0.3, 0.4) is 0 Å². The van der Waals surface area contributed by atoms with Crippen LogP contribution < -0.4 is 33.2 Å². The average molecular weight is 710 g/mol. The fourth-order valence-electron chi connectivity index (χ4n) is 4.32. The van der Waals surface area contributed by atoms with Gasteiger partial charge in [0.2, 0.25) is 0 Å². The first-order valence-electron chi connectivity index (χ1n) is 17.3. The van der Waals surface area contributed by atoms with Crippen LogP contribution in [0.4, 0.5) is 13.2 Å². The summed E-state index contributed by atoms with van der Waals surface area (Å²) >= 11 is 0. The second-order valence-electron chi connectivity index (χ2n) is 12.6. The van der Waals surface area contributed by atoms with Gasteiger partial charge in [-0.05, 0) is 62.0 Å². The topological polar surface area (TPSA) is 127 Å². The molecule has 0 aliphatic rings. The van der Waals surface area contributed by atoms with Gasteiger partial charge in [-0.1, -0.05) is 126 Å². The van der Waals surface area contributed by atoms with Crippen LogP contribution >= 0.6 is 0 Å². The van der Waals surface area contributed by atoms with Crippen molar-refractivity contribution in [2.24, 2.45) is 29.0 Å². The van der Waals surface area contributed by atoms with E-state index in [0.717, 1.165) is 53.9 Å². The second-order valence-corrected chi connectivity index (χ2v) is 12.6. The Morgan fingerprint density at radius 2 is 1.41 bits per heavy atom. The molecule has 0 aliphatic carbocycles. The number of hydrogen-bond acceptors (Lipinski definition) is 7. The van der Waals surface area contributed by atoms with E-state index in [4.69, 9.17) is 11.5 Å². The first-order valence-corrected chi connectivity index (χ1v) is 17.3. The monoisotopic (exact) mass is 710 g/mol. The van der Waals surface area contributed by atoms with Crippen LogP contribution in [0, 0.1) is 18.8 Å². The summed E-state index contributed by atoms with van der Waals surface area (Å²) in [5.74, 6) is 0.890. The van der Waals surface area contributed by atoms with E-state index < -0.39 is 11.9 Å². The zero-order chi connectivity index (χ0) is 38.7. The Morgan fingerprint density at radius 3 is 1.86 bits per heavy atom. The number of alkyl halides is 3. The Hall–Kier alpha value is -4.54. The predicted molar refractivity (Wildman–Crippen MR) is 210 cm³/mol. The van der Waals surface area contributed by atoms with Gasteiger partial charge in [0.15, 0.2) is 0 Å². The van der Waals surface area contributed by atoms with Gasteiger partial charge in [-0.3, -0.25) is 4.98 Å². The van der Waals surface area contributed by atoms with Gasteiger partial charge in [-0.25, -0.2) is 0 Å². The highest BCUT2D eigenvalue weighted by molar-refractivity contribution is 5.21. The van der Waals surface area contributed by atoms with Crippen LogP contribution in [-0.4, -0.2) is 30.7 Å². The normalized spacial score (nSPS) is 11.5. The molecule has 3 aromatic rings. The zero-order valence-electron chi connectivity index (χ0n) is 31.1. The number of unbranched alkanes of at least 4 members (excludes halogenated alkanes) is 1. The molecule has 1 heterocycles. The van der Waals surface area contributed by atoms with Gasteiger partial charge >= 0.3 is 6.18 Å². The van der Waals surface area contributed by atoms with E-state index in [-0.39, 0.29) is 12.0 Å². The van der Waals surface area contributed by atoms with E-state index in [1.807, 2.05) is 36.4 Å². The number of halogens is 3. The van der Waals surface area contributed by atoms with Crippen LogP contribution in [0.2, 0.25) is 0 Å². The van der Waals surface area contributed by atoms with E-state index in [0.29, 0.717) is 38.2 Å². The maximum atomic E-state index is 12.8. The maximum absolute atomic E-state index is 12.8. The van der Waals surface area contributed by atoms with Crippen molar-refractivity contribution in [3.8, 4) is 0 Å². The van der Waals surface area contributed by atoms with Crippen LogP contribution in [0.15, 0.2) is 129 Å². The summed E-state index contributed by atoms with van der Waals surface area (Å²) in [7, 11) is 0. The summed E-state index contributed by atoms with van der Waals surface area (Å²) in [5, 5.41) is 10.1. The summed E-state index contributed by atoms with van der Waals surface area (Å²) < 4.78 is 38.3. The van der Waals surface area contributed by atoms with Crippen molar-refractivity contribution in [1.82, 2.24) is 20.9 Å². The minimum atomic E-state index is -4.46. The molecule has 7 nitrogen and oxygen atoms in total. The molecule has 0 amide bonds. The van der Waals surface area contributed by atoms with Gasteiger partial charge in [0.1, 0.15) is 5.69 Å². The first kappa shape index (κ1) is 46.5. The highest BCUT2D eigenvalue weighted by atomic mass is 19.4. The number of aryl methyl sites for hydroxylation is 1. The number of pyridine rings is 1. The third-order valence-corrected chi connectivity index (χ3v) is 6.98. The van der Waals surface area contributed by atoms with Crippen molar-refractivity contribution in [1.29, 1.82) is 0 Å². The minimum absolute atomic E-state index is 0.0563. The van der Waals surface area contributed by atoms with Crippen molar-refractivity contribution in [3.63, 3.8) is 0 Å². The standard InChI is InChI=1S/C28H39F3N6.C7H8.C4H10.C2H5N/c1-20(16-33)37-26(15-23-9-5-4-6-10-23)22(3)35-19-25(11-7-8-14-32)21(2)34-17-24-12-13-27(36-18-24)28(29,30)31;1-7-5-3-2-4-6-7;1-4(2)3;1-2-3/h4-6,9-10,12-13,18,25-26,34-35,37H,1-3,7-8,11,14-17,19,32-33H2;2-6H,1H3;4H,1-3H3;2H,1,3H2. The van der Waals surface area contributed by atoms with E-state index in [2.05, 4.69) is 105 Å². The molecule has 2 atom stereocenters. The molecule has 0 radical (unpaired) electrons. The van der Waals surface area contributed by atoms with Crippen molar-refractivity contribution in [2.75, 3.05) is 19.6 Å². The van der Waals surface area contributed by atoms with Gasteiger partial charge in [0.05, 0.1) is 6.04 Å². The lowest BCUT2D eigenvalue weighted by Crippen LogP contribution is -2.40. The molecular formula is C41H62F3N7. The summed E-state index contributed by atoms with van der Waals surface area (Å²) in [4.78, 5) is 3.52. The summed E-state index contributed by atoms with van der Waals surface area (Å²) in [5.41, 5.74) is 20.6. The molecule has 1 aromatic heterocycles. The SMILES string of the molecule is C=C(CN)NC(Cc1ccccc1)C(=C)NCC(CCCCN)C(=C)NCc1ccc(C(F)(F)F)nc1.C=CN.CC(C)C.Cc1ccccc1. The van der Waals surface area contributed by atoms with Crippen molar-refractivity contribution in [2.45, 2.75) is 72.1 Å². The summed E-state index contributed by atoms with van der Waals surface area (Å²) in [6.07, 6.45) is 1.40. The number of benzene rings is 2.